The minimum absolute atomic E-state index is 0.0170. The number of fused-ring (bicyclic) bond motifs is 1. The van der Waals surface area contributed by atoms with Crippen LogP contribution in [0.2, 0.25) is 0 Å². The first-order valence-corrected chi connectivity index (χ1v) is 9.55. The van der Waals surface area contributed by atoms with Crippen LogP contribution < -0.4 is 16.0 Å². The van der Waals surface area contributed by atoms with Crippen LogP contribution in [-0.2, 0) is 0 Å². The largest absolute Gasteiger partial charge is 0.455 e. The quantitative estimate of drug-likeness (QED) is 0.395. The third kappa shape index (κ3) is 5.86. The molecule has 0 radical (unpaired) electrons. The van der Waals surface area contributed by atoms with Gasteiger partial charge in [0.25, 0.3) is 0 Å². The van der Waals surface area contributed by atoms with Gasteiger partial charge in [0, 0.05) is 23.6 Å². The maximum Gasteiger partial charge on any atom is 0.416 e. The van der Waals surface area contributed by atoms with E-state index in [4.69, 9.17) is 4.42 Å². The van der Waals surface area contributed by atoms with E-state index in [-0.39, 0.29) is 29.1 Å². The first-order valence-electron chi connectivity index (χ1n) is 9.55. The average molecular weight is 473 g/mol. The number of aromatic nitrogens is 2. The number of urea groups is 1. The molecule has 33 heavy (non-hydrogen) atoms. The average Bonchev–Trinajstić information content (AvgIpc) is 3.01. The number of carbonyl (C=O) groups excluding carboxylic acids is 1. The Morgan fingerprint density at radius 3 is 2.39 bits per heavy atom. The fraction of sp³-hybridized carbons (Fsp3) is 0.350. The Morgan fingerprint density at radius 1 is 1.18 bits per heavy atom. The van der Waals surface area contributed by atoms with Crippen molar-refractivity contribution in [1.29, 1.82) is 0 Å². The standard InChI is InChI=1S/C20H20F5N5O3/c1-9-12-4-10(21)5-13(22)15(12)33-14(9)16(20(23,24)25)30-18(31)29-11-6-26-17(27-7-11)28-8-19(2,3)32/h4-7,16,32H,8H2,1-3H3,(H,26,27,28)(H2,29,30,31)/t16-/m0/s1. The molecular formula is C20H20F5N5O3. The van der Waals surface area contributed by atoms with E-state index in [1.807, 2.05) is 0 Å². The lowest BCUT2D eigenvalue weighted by Crippen LogP contribution is -2.40. The molecule has 1 aromatic carbocycles. The number of anilines is 2. The molecule has 2 amide bonds. The minimum atomic E-state index is -5.01. The highest BCUT2D eigenvalue weighted by molar-refractivity contribution is 5.89. The summed E-state index contributed by atoms with van der Waals surface area (Å²) in [6, 6.07) is -2.57. The van der Waals surface area contributed by atoms with Gasteiger partial charge in [-0.1, -0.05) is 0 Å². The number of halogens is 5. The van der Waals surface area contributed by atoms with Crippen LogP contribution in [0.5, 0.6) is 0 Å². The molecule has 4 N–H and O–H groups in total. The Hall–Kier alpha value is -3.48. The molecule has 178 valence electrons. The van der Waals surface area contributed by atoms with Crippen LogP contribution in [0.1, 0.15) is 31.2 Å². The summed E-state index contributed by atoms with van der Waals surface area (Å²) < 4.78 is 73.6. The van der Waals surface area contributed by atoms with Gasteiger partial charge in [-0.3, -0.25) is 0 Å². The molecule has 0 unspecified atom stereocenters. The number of rotatable bonds is 6. The minimum Gasteiger partial charge on any atom is -0.455 e. The lowest BCUT2D eigenvalue weighted by atomic mass is 10.1. The van der Waals surface area contributed by atoms with Gasteiger partial charge in [0.2, 0.25) is 5.95 Å². The molecule has 0 saturated heterocycles. The van der Waals surface area contributed by atoms with Gasteiger partial charge < -0.3 is 25.5 Å². The van der Waals surface area contributed by atoms with Crippen molar-refractivity contribution in [3.63, 3.8) is 0 Å². The predicted octanol–water partition coefficient (Wildman–Crippen LogP) is 4.42. The first-order chi connectivity index (χ1) is 15.2. The van der Waals surface area contributed by atoms with Gasteiger partial charge in [0.15, 0.2) is 17.4 Å². The second-order valence-corrected chi connectivity index (χ2v) is 7.89. The van der Waals surface area contributed by atoms with Gasteiger partial charge in [0.1, 0.15) is 11.6 Å². The number of benzene rings is 1. The van der Waals surface area contributed by atoms with Crippen LogP contribution in [0.3, 0.4) is 0 Å². The lowest BCUT2D eigenvalue weighted by molar-refractivity contribution is -0.158. The van der Waals surface area contributed by atoms with Crippen molar-refractivity contribution in [2.45, 2.75) is 38.6 Å². The van der Waals surface area contributed by atoms with Gasteiger partial charge >= 0.3 is 12.2 Å². The van der Waals surface area contributed by atoms with Gasteiger partial charge in [-0.15, -0.1) is 0 Å². The maximum absolute atomic E-state index is 14.0. The summed E-state index contributed by atoms with van der Waals surface area (Å²) in [6.07, 6.45) is -2.72. The number of amides is 2. The van der Waals surface area contributed by atoms with E-state index >= 15 is 0 Å². The molecule has 3 aromatic rings. The summed E-state index contributed by atoms with van der Waals surface area (Å²) in [5.74, 6) is -2.80. The summed E-state index contributed by atoms with van der Waals surface area (Å²) in [5, 5.41) is 16.1. The number of furan rings is 1. The van der Waals surface area contributed by atoms with E-state index in [0.717, 1.165) is 18.5 Å². The zero-order chi connectivity index (χ0) is 24.6. The van der Waals surface area contributed by atoms with Crippen LogP contribution in [0.25, 0.3) is 11.0 Å². The highest BCUT2D eigenvalue weighted by Gasteiger charge is 2.45. The zero-order valence-corrected chi connectivity index (χ0v) is 17.6. The van der Waals surface area contributed by atoms with Crippen molar-refractivity contribution in [2.75, 3.05) is 17.2 Å². The van der Waals surface area contributed by atoms with Gasteiger partial charge in [-0.2, -0.15) is 13.2 Å². The Bertz CT molecular complexity index is 1160. The van der Waals surface area contributed by atoms with Gasteiger partial charge in [-0.25, -0.2) is 23.5 Å². The van der Waals surface area contributed by atoms with Crippen LogP contribution in [0.15, 0.2) is 28.9 Å². The fourth-order valence-corrected chi connectivity index (χ4v) is 2.91. The maximum atomic E-state index is 14.0. The molecule has 0 aliphatic rings. The molecule has 13 heteroatoms. The molecule has 0 aliphatic heterocycles. The van der Waals surface area contributed by atoms with Crippen molar-refractivity contribution in [2.24, 2.45) is 0 Å². The topological polar surface area (TPSA) is 112 Å². The van der Waals surface area contributed by atoms with E-state index in [0.29, 0.717) is 6.07 Å². The van der Waals surface area contributed by atoms with E-state index < -0.39 is 46.8 Å². The molecular weight excluding hydrogens is 453 g/mol. The number of alkyl halides is 3. The molecule has 3 rings (SSSR count). The highest BCUT2D eigenvalue weighted by Crippen LogP contribution is 2.39. The molecule has 0 saturated carbocycles. The SMILES string of the molecule is Cc1c([C@H](NC(=O)Nc2cnc(NCC(C)(C)O)nc2)C(F)(F)F)oc2c(F)cc(F)cc12. The number of aryl methyl sites for hydroxylation is 1. The Balaban J connectivity index is 1.78. The number of nitrogens with zero attached hydrogens (tertiary/aromatic N) is 2. The number of hydrogen-bond donors (Lipinski definition) is 4. The third-order valence-corrected chi connectivity index (χ3v) is 4.45. The van der Waals surface area contributed by atoms with Crippen molar-refractivity contribution in [3.8, 4) is 0 Å². The van der Waals surface area contributed by atoms with Gasteiger partial charge in [0.05, 0.1) is 23.7 Å². The summed E-state index contributed by atoms with van der Waals surface area (Å²) in [4.78, 5) is 20.0. The van der Waals surface area contributed by atoms with Crippen LogP contribution in [-0.4, -0.2) is 39.4 Å². The van der Waals surface area contributed by atoms with Crippen LogP contribution in [0, 0.1) is 18.6 Å². The second-order valence-electron chi connectivity index (χ2n) is 7.89. The fourth-order valence-electron chi connectivity index (χ4n) is 2.91. The van der Waals surface area contributed by atoms with Crippen LogP contribution >= 0.6 is 0 Å². The van der Waals surface area contributed by atoms with E-state index in [1.54, 1.807) is 19.2 Å². The molecule has 0 aliphatic carbocycles. The zero-order valence-electron chi connectivity index (χ0n) is 17.6. The van der Waals surface area contributed by atoms with Crippen molar-refractivity contribution in [3.05, 3.63) is 47.5 Å². The van der Waals surface area contributed by atoms with E-state index in [1.165, 1.54) is 6.92 Å². The molecule has 1 atom stereocenters. The third-order valence-electron chi connectivity index (χ3n) is 4.45. The van der Waals surface area contributed by atoms with Gasteiger partial charge in [-0.05, 0) is 26.8 Å². The molecule has 0 bridgehead atoms. The molecule has 2 heterocycles. The van der Waals surface area contributed by atoms with E-state index in [2.05, 4.69) is 20.6 Å². The molecule has 0 spiro atoms. The molecule has 2 aromatic heterocycles. The van der Waals surface area contributed by atoms with Crippen molar-refractivity contribution in [1.82, 2.24) is 15.3 Å². The highest BCUT2D eigenvalue weighted by atomic mass is 19.4. The smallest absolute Gasteiger partial charge is 0.416 e. The summed E-state index contributed by atoms with van der Waals surface area (Å²) >= 11 is 0. The number of aliphatic hydroxyl groups is 1. The Labute approximate surface area is 184 Å². The number of hydrogen-bond acceptors (Lipinski definition) is 6. The lowest BCUT2D eigenvalue weighted by Gasteiger charge is -2.21. The normalized spacial score (nSPS) is 13.1. The first kappa shape index (κ1) is 24.2. The van der Waals surface area contributed by atoms with Crippen LogP contribution in [0.4, 0.5) is 38.4 Å². The number of nitrogens with one attached hydrogen (secondary N) is 3. The summed E-state index contributed by atoms with van der Waals surface area (Å²) in [6.45, 7) is 4.46. The Morgan fingerprint density at radius 2 is 1.82 bits per heavy atom. The monoisotopic (exact) mass is 473 g/mol. The summed E-state index contributed by atoms with van der Waals surface area (Å²) in [5.41, 5.74) is -1.77. The van der Waals surface area contributed by atoms with Crippen molar-refractivity contribution < 1.29 is 36.3 Å². The Kier molecular flexibility index (Phi) is 6.45. The molecule has 8 nitrogen and oxygen atoms in total. The number of carbonyl (C=O) groups is 1. The van der Waals surface area contributed by atoms with E-state index in [9.17, 15) is 31.9 Å². The molecule has 0 fully saturated rings. The van der Waals surface area contributed by atoms with Crippen molar-refractivity contribution >= 4 is 28.6 Å². The predicted molar refractivity (Wildman–Crippen MR) is 109 cm³/mol. The second kappa shape index (κ2) is 8.81. The summed E-state index contributed by atoms with van der Waals surface area (Å²) in [7, 11) is 0.